The summed E-state index contributed by atoms with van der Waals surface area (Å²) in [6.45, 7) is 3.76. The number of hydrogen-bond donors (Lipinski definition) is 3. The van der Waals surface area contributed by atoms with Gasteiger partial charge in [-0.3, -0.25) is 14.4 Å². The Morgan fingerprint density at radius 1 is 0.811 bits per heavy atom. The van der Waals surface area contributed by atoms with Gasteiger partial charge in [0.1, 0.15) is 5.75 Å². The van der Waals surface area contributed by atoms with Crippen LogP contribution in [0.15, 0.2) is 65.8 Å². The summed E-state index contributed by atoms with van der Waals surface area (Å²) in [7, 11) is 2.96. The lowest BCUT2D eigenvalue weighted by Gasteiger charge is -2.12. The number of hydrazone groups is 1. The fourth-order valence-corrected chi connectivity index (χ4v) is 3.15. The Balaban J connectivity index is 1.53. The van der Waals surface area contributed by atoms with Crippen LogP contribution in [-0.2, 0) is 14.4 Å². The Kier molecular flexibility index (Phi) is 9.20. The van der Waals surface area contributed by atoms with E-state index in [2.05, 4.69) is 21.2 Å². The van der Waals surface area contributed by atoms with E-state index >= 15 is 0 Å². The number of methoxy groups -OCH3 is 2. The Morgan fingerprint density at radius 2 is 1.59 bits per heavy atom. The van der Waals surface area contributed by atoms with Crippen LogP contribution in [0.5, 0.6) is 17.2 Å². The van der Waals surface area contributed by atoms with Gasteiger partial charge >= 0.3 is 11.8 Å². The van der Waals surface area contributed by atoms with Crippen LogP contribution in [0, 0.1) is 13.8 Å². The molecule has 0 fully saturated rings. The van der Waals surface area contributed by atoms with Crippen molar-refractivity contribution in [3.05, 3.63) is 77.4 Å². The Labute approximate surface area is 214 Å². The average Bonchev–Trinajstić information content (AvgIpc) is 2.89. The number of aryl methyl sites for hydroxylation is 2. The summed E-state index contributed by atoms with van der Waals surface area (Å²) in [6, 6.07) is 17.1. The third kappa shape index (κ3) is 7.82. The summed E-state index contributed by atoms with van der Waals surface area (Å²) in [4.78, 5) is 36.4. The maximum atomic E-state index is 12.3. The molecule has 10 heteroatoms. The number of ether oxygens (including phenoxy) is 3. The van der Waals surface area contributed by atoms with Crippen molar-refractivity contribution >= 4 is 35.3 Å². The van der Waals surface area contributed by atoms with E-state index in [4.69, 9.17) is 14.2 Å². The van der Waals surface area contributed by atoms with Crippen LogP contribution in [0.2, 0.25) is 0 Å². The number of hydrogen-bond acceptors (Lipinski definition) is 7. The second kappa shape index (κ2) is 12.7. The highest BCUT2D eigenvalue weighted by Crippen LogP contribution is 2.27. The molecule has 0 unspecified atom stereocenters. The SMILES string of the molecule is COc1cccc(NC(=O)C(=O)N/N=C/c2ccc(OCC(=O)Nc3ccc(C)c(C)c3)c(OC)c2)c1. The third-order valence-electron chi connectivity index (χ3n) is 5.25. The first-order valence-corrected chi connectivity index (χ1v) is 11.3. The molecule has 10 nitrogen and oxygen atoms in total. The van der Waals surface area contributed by atoms with Crippen LogP contribution in [0.4, 0.5) is 11.4 Å². The maximum Gasteiger partial charge on any atom is 0.329 e. The standard InChI is InChI=1S/C27H28N4O6/c1-17-8-10-21(12-18(17)2)29-25(32)16-37-23-11-9-19(13-24(23)36-4)15-28-31-27(34)26(33)30-20-6-5-7-22(14-20)35-3/h5-15H,16H2,1-4H3,(H,29,32)(H,30,33)(H,31,34)/b28-15+. The smallest absolute Gasteiger partial charge is 0.329 e. The number of anilines is 2. The van der Waals surface area contributed by atoms with Crippen molar-refractivity contribution in [3.63, 3.8) is 0 Å². The molecule has 0 bridgehead atoms. The van der Waals surface area contributed by atoms with Crippen molar-refractivity contribution in [2.24, 2.45) is 5.10 Å². The predicted octanol–water partition coefficient (Wildman–Crippen LogP) is 3.43. The minimum absolute atomic E-state index is 0.213. The normalized spacial score (nSPS) is 10.5. The molecule has 3 aromatic carbocycles. The lowest BCUT2D eigenvalue weighted by molar-refractivity contribution is -0.136. The van der Waals surface area contributed by atoms with Gasteiger partial charge in [0.2, 0.25) is 0 Å². The molecule has 0 saturated carbocycles. The molecule has 3 N–H and O–H groups in total. The number of benzene rings is 3. The van der Waals surface area contributed by atoms with E-state index in [1.54, 1.807) is 42.5 Å². The van der Waals surface area contributed by atoms with Crippen LogP contribution >= 0.6 is 0 Å². The number of carbonyl (C=O) groups excluding carboxylic acids is 3. The molecule has 3 rings (SSSR count). The molecular weight excluding hydrogens is 476 g/mol. The van der Waals surface area contributed by atoms with Gasteiger partial charge in [-0.15, -0.1) is 0 Å². The van der Waals surface area contributed by atoms with E-state index in [9.17, 15) is 14.4 Å². The van der Waals surface area contributed by atoms with Gasteiger partial charge in [-0.25, -0.2) is 5.43 Å². The first-order chi connectivity index (χ1) is 17.8. The number of carbonyl (C=O) groups is 3. The van der Waals surface area contributed by atoms with Gasteiger partial charge in [-0.05, 0) is 73.0 Å². The second-order valence-electron chi connectivity index (χ2n) is 7.93. The van der Waals surface area contributed by atoms with Crippen molar-refractivity contribution < 1.29 is 28.6 Å². The zero-order valence-corrected chi connectivity index (χ0v) is 21.0. The number of nitrogens with zero attached hydrogens (tertiary/aromatic N) is 1. The fourth-order valence-electron chi connectivity index (χ4n) is 3.15. The largest absolute Gasteiger partial charge is 0.497 e. The Bertz CT molecular complexity index is 1320. The molecule has 0 spiro atoms. The van der Waals surface area contributed by atoms with Crippen LogP contribution in [0.1, 0.15) is 16.7 Å². The van der Waals surface area contributed by atoms with Gasteiger partial charge in [0.05, 0.1) is 20.4 Å². The lowest BCUT2D eigenvalue weighted by atomic mass is 10.1. The second-order valence-corrected chi connectivity index (χ2v) is 7.93. The van der Waals surface area contributed by atoms with E-state index in [0.29, 0.717) is 34.2 Å². The number of nitrogens with one attached hydrogen (secondary N) is 3. The van der Waals surface area contributed by atoms with Gasteiger partial charge in [0.25, 0.3) is 5.91 Å². The van der Waals surface area contributed by atoms with Crippen LogP contribution in [-0.4, -0.2) is 44.8 Å². The molecule has 0 atom stereocenters. The molecule has 192 valence electrons. The summed E-state index contributed by atoms with van der Waals surface area (Å²) >= 11 is 0. The zero-order valence-electron chi connectivity index (χ0n) is 21.0. The van der Waals surface area contributed by atoms with Crippen molar-refractivity contribution in [2.75, 3.05) is 31.5 Å². The molecule has 37 heavy (non-hydrogen) atoms. The molecule has 0 aliphatic heterocycles. The number of rotatable bonds is 9. The summed E-state index contributed by atoms with van der Waals surface area (Å²) in [5.74, 6) is -0.876. The van der Waals surface area contributed by atoms with Crippen molar-refractivity contribution in [1.29, 1.82) is 0 Å². The molecule has 0 aliphatic carbocycles. The highest BCUT2D eigenvalue weighted by Gasteiger charge is 2.13. The third-order valence-corrected chi connectivity index (χ3v) is 5.25. The summed E-state index contributed by atoms with van der Waals surface area (Å²) in [5.41, 5.74) is 6.04. The molecule has 3 amide bonds. The fraction of sp³-hybridized carbons (Fsp3) is 0.185. The average molecular weight is 505 g/mol. The summed E-state index contributed by atoms with van der Waals surface area (Å²) in [5, 5.41) is 9.06. The quantitative estimate of drug-likeness (QED) is 0.233. The van der Waals surface area contributed by atoms with E-state index in [1.165, 1.54) is 20.4 Å². The molecule has 0 radical (unpaired) electrons. The van der Waals surface area contributed by atoms with Gasteiger partial charge in [0.15, 0.2) is 18.1 Å². The van der Waals surface area contributed by atoms with E-state index < -0.39 is 11.8 Å². The molecule has 0 saturated heterocycles. The number of amides is 3. The molecule has 3 aromatic rings. The minimum atomic E-state index is -0.944. The predicted molar refractivity (Wildman–Crippen MR) is 140 cm³/mol. The lowest BCUT2D eigenvalue weighted by Crippen LogP contribution is -2.32. The highest BCUT2D eigenvalue weighted by atomic mass is 16.5. The summed E-state index contributed by atoms with van der Waals surface area (Å²) in [6.07, 6.45) is 1.34. The first-order valence-electron chi connectivity index (χ1n) is 11.3. The highest BCUT2D eigenvalue weighted by molar-refractivity contribution is 6.39. The first kappa shape index (κ1) is 26.7. The van der Waals surface area contributed by atoms with Crippen molar-refractivity contribution in [1.82, 2.24) is 5.43 Å². The topological polar surface area (TPSA) is 127 Å². The molecular formula is C27H28N4O6. The van der Waals surface area contributed by atoms with Crippen molar-refractivity contribution in [2.45, 2.75) is 13.8 Å². The minimum Gasteiger partial charge on any atom is -0.497 e. The molecule has 0 aromatic heterocycles. The van der Waals surface area contributed by atoms with E-state index in [1.807, 2.05) is 32.0 Å². The van der Waals surface area contributed by atoms with E-state index in [0.717, 1.165) is 11.1 Å². The van der Waals surface area contributed by atoms with E-state index in [-0.39, 0.29) is 12.5 Å². The van der Waals surface area contributed by atoms with Gasteiger partial charge in [-0.1, -0.05) is 12.1 Å². The zero-order chi connectivity index (χ0) is 26.8. The van der Waals surface area contributed by atoms with Crippen LogP contribution in [0.3, 0.4) is 0 Å². The summed E-state index contributed by atoms with van der Waals surface area (Å²) < 4.78 is 16.0. The Morgan fingerprint density at radius 3 is 2.32 bits per heavy atom. The van der Waals surface area contributed by atoms with Crippen LogP contribution < -0.4 is 30.3 Å². The Hall–Kier alpha value is -4.86. The van der Waals surface area contributed by atoms with Gasteiger partial charge < -0.3 is 24.8 Å². The maximum absolute atomic E-state index is 12.3. The van der Waals surface area contributed by atoms with Gasteiger partial charge in [-0.2, -0.15) is 5.10 Å². The molecule has 0 heterocycles. The van der Waals surface area contributed by atoms with Crippen molar-refractivity contribution in [3.8, 4) is 17.2 Å². The molecule has 0 aliphatic rings. The van der Waals surface area contributed by atoms with Crippen LogP contribution in [0.25, 0.3) is 0 Å². The monoisotopic (exact) mass is 504 g/mol. The van der Waals surface area contributed by atoms with Gasteiger partial charge in [0, 0.05) is 17.4 Å².